The third-order valence-corrected chi connectivity index (χ3v) is 6.03. The summed E-state index contributed by atoms with van der Waals surface area (Å²) < 4.78 is 8.30. The summed E-state index contributed by atoms with van der Waals surface area (Å²) in [4.78, 5) is 9.18. The minimum atomic E-state index is 0.141. The van der Waals surface area contributed by atoms with E-state index in [-0.39, 0.29) is 5.75 Å². The smallest absolute Gasteiger partial charge is 0.219 e. The van der Waals surface area contributed by atoms with E-state index < -0.39 is 0 Å². The van der Waals surface area contributed by atoms with Gasteiger partial charge in [-0.1, -0.05) is 24.3 Å². The topological polar surface area (TPSA) is 60.2 Å². The van der Waals surface area contributed by atoms with Gasteiger partial charge in [0.2, 0.25) is 5.88 Å². The second-order valence-electron chi connectivity index (χ2n) is 8.27. The standard InChI is InChI=1S/C28H21N3O2/c1-17-13-14-29-26(15-17)31-23-6-4-3-5-21(23)22-9-8-19(16-24(22)31)33-27-12-10-20-18(2)7-11-25(32)28(20)30-27/h3-16,32H,1-2H3. The number of hydrogen-bond acceptors (Lipinski definition) is 4. The molecule has 160 valence electrons. The van der Waals surface area contributed by atoms with E-state index in [2.05, 4.69) is 45.7 Å². The molecule has 0 radical (unpaired) electrons. The first-order valence-corrected chi connectivity index (χ1v) is 10.8. The summed E-state index contributed by atoms with van der Waals surface area (Å²) >= 11 is 0. The molecule has 0 aliphatic carbocycles. The van der Waals surface area contributed by atoms with Crippen molar-refractivity contribution in [1.29, 1.82) is 0 Å². The highest BCUT2D eigenvalue weighted by molar-refractivity contribution is 6.09. The fourth-order valence-corrected chi connectivity index (χ4v) is 4.41. The monoisotopic (exact) mass is 431 g/mol. The molecule has 0 spiro atoms. The number of aromatic hydroxyl groups is 1. The third-order valence-electron chi connectivity index (χ3n) is 6.03. The molecule has 5 nitrogen and oxygen atoms in total. The lowest BCUT2D eigenvalue weighted by Gasteiger charge is -2.10. The normalized spacial score (nSPS) is 11.5. The summed E-state index contributed by atoms with van der Waals surface area (Å²) in [5.41, 5.74) is 4.83. The van der Waals surface area contributed by atoms with Gasteiger partial charge in [-0.25, -0.2) is 9.97 Å². The maximum absolute atomic E-state index is 10.3. The Morgan fingerprint density at radius 2 is 1.61 bits per heavy atom. The fraction of sp³-hybridized carbons (Fsp3) is 0.0714. The molecular weight excluding hydrogens is 410 g/mol. The van der Waals surface area contributed by atoms with E-state index >= 15 is 0 Å². The summed E-state index contributed by atoms with van der Waals surface area (Å²) in [5, 5.41) is 13.5. The highest BCUT2D eigenvalue weighted by Crippen LogP contribution is 2.35. The number of nitrogens with zero attached hydrogens (tertiary/aromatic N) is 3. The van der Waals surface area contributed by atoms with Gasteiger partial charge in [-0.2, -0.15) is 0 Å². The number of rotatable bonds is 3. The average molecular weight is 431 g/mol. The summed E-state index contributed by atoms with van der Waals surface area (Å²) in [7, 11) is 0. The van der Waals surface area contributed by atoms with Crippen LogP contribution in [-0.4, -0.2) is 19.6 Å². The van der Waals surface area contributed by atoms with Gasteiger partial charge >= 0.3 is 0 Å². The zero-order valence-corrected chi connectivity index (χ0v) is 18.3. The largest absolute Gasteiger partial charge is 0.506 e. The SMILES string of the molecule is Cc1ccnc(-n2c3ccccc3c3ccc(Oc4ccc5c(C)ccc(O)c5n4)cc32)c1. The molecule has 3 heterocycles. The average Bonchev–Trinajstić information content (AvgIpc) is 3.15. The van der Waals surface area contributed by atoms with Gasteiger partial charge in [-0.3, -0.25) is 4.57 Å². The lowest BCUT2D eigenvalue weighted by atomic mass is 10.1. The first-order chi connectivity index (χ1) is 16.1. The van der Waals surface area contributed by atoms with E-state index in [0.29, 0.717) is 17.1 Å². The quantitative estimate of drug-likeness (QED) is 0.333. The number of phenols is 1. The van der Waals surface area contributed by atoms with Crippen LogP contribution < -0.4 is 4.74 Å². The molecular formula is C28H21N3O2. The van der Waals surface area contributed by atoms with Crippen LogP contribution in [0.2, 0.25) is 0 Å². The van der Waals surface area contributed by atoms with Crippen LogP contribution in [0.15, 0.2) is 85.1 Å². The molecule has 0 aliphatic rings. The van der Waals surface area contributed by atoms with Gasteiger partial charge in [-0.05, 0) is 67.4 Å². The molecule has 3 aromatic heterocycles. The number of benzene rings is 3. The lowest BCUT2D eigenvalue weighted by molar-refractivity contribution is 0.460. The summed E-state index contributed by atoms with van der Waals surface area (Å²) in [6.07, 6.45) is 1.83. The first-order valence-electron chi connectivity index (χ1n) is 10.8. The Morgan fingerprint density at radius 1 is 0.788 bits per heavy atom. The van der Waals surface area contributed by atoms with E-state index in [1.807, 2.05) is 61.7 Å². The Balaban J connectivity index is 1.51. The molecule has 3 aromatic carbocycles. The van der Waals surface area contributed by atoms with Crippen LogP contribution in [0, 0.1) is 13.8 Å². The number of hydrogen-bond donors (Lipinski definition) is 1. The van der Waals surface area contributed by atoms with Crippen LogP contribution >= 0.6 is 0 Å². The van der Waals surface area contributed by atoms with E-state index in [1.165, 1.54) is 0 Å². The Hall–Kier alpha value is -4.38. The zero-order valence-electron chi connectivity index (χ0n) is 18.3. The molecule has 0 fully saturated rings. The van der Waals surface area contributed by atoms with Crippen molar-refractivity contribution in [1.82, 2.24) is 14.5 Å². The fourth-order valence-electron chi connectivity index (χ4n) is 4.41. The Kier molecular flexibility index (Phi) is 4.30. The first kappa shape index (κ1) is 19.3. The van der Waals surface area contributed by atoms with Crippen LogP contribution in [-0.2, 0) is 0 Å². The molecule has 0 atom stereocenters. The van der Waals surface area contributed by atoms with E-state index in [4.69, 9.17) is 4.74 Å². The predicted molar refractivity (Wildman–Crippen MR) is 132 cm³/mol. The number of aryl methyl sites for hydroxylation is 2. The van der Waals surface area contributed by atoms with Crippen LogP contribution in [0.1, 0.15) is 11.1 Å². The molecule has 5 heteroatoms. The van der Waals surface area contributed by atoms with E-state index in [1.54, 1.807) is 6.07 Å². The van der Waals surface area contributed by atoms with Crippen LogP contribution in [0.5, 0.6) is 17.4 Å². The van der Waals surface area contributed by atoms with Crippen LogP contribution in [0.25, 0.3) is 38.5 Å². The van der Waals surface area contributed by atoms with Crippen molar-refractivity contribution in [2.24, 2.45) is 0 Å². The van der Waals surface area contributed by atoms with Crippen molar-refractivity contribution in [3.63, 3.8) is 0 Å². The van der Waals surface area contributed by atoms with Crippen molar-refractivity contribution in [3.8, 4) is 23.2 Å². The number of fused-ring (bicyclic) bond motifs is 4. The van der Waals surface area contributed by atoms with E-state index in [9.17, 15) is 5.11 Å². The number of pyridine rings is 2. The molecule has 0 saturated heterocycles. The van der Waals surface area contributed by atoms with Crippen molar-refractivity contribution >= 4 is 32.7 Å². The summed E-state index contributed by atoms with van der Waals surface area (Å²) in [5.74, 6) is 2.10. The molecule has 0 aliphatic heterocycles. The molecule has 0 saturated carbocycles. The number of para-hydroxylation sites is 1. The second kappa shape index (κ2) is 7.35. The molecule has 6 aromatic rings. The molecule has 1 N–H and O–H groups in total. The maximum Gasteiger partial charge on any atom is 0.219 e. The summed E-state index contributed by atoms with van der Waals surface area (Å²) in [6, 6.07) is 25.7. The Morgan fingerprint density at radius 3 is 2.48 bits per heavy atom. The van der Waals surface area contributed by atoms with Crippen molar-refractivity contribution in [3.05, 3.63) is 96.2 Å². The minimum absolute atomic E-state index is 0.141. The summed E-state index contributed by atoms with van der Waals surface area (Å²) in [6.45, 7) is 4.06. The van der Waals surface area contributed by atoms with Gasteiger partial charge in [0.05, 0.1) is 11.0 Å². The minimum Gasteiger partial charge on any atom is -0.506 e. The highest BCUT2D eigenvalue weighted by atomic mass is 16.5. The third kappa shape index (κ3) is 3.17. The molecule has 6 rings (SSSR count). The highest BCUT2D eigenvalue weighted by Gasteiger charge is 2.14. The van der Waals surface area contributed by atoms with Gasteiger partial charge in [-0.15, -0.1) is 0 Å². The van der Waals surface area contributed by atoms with E-state index in [0.717, 1.165) is 44.1 Å². The Bertz CT molecular complexity index is 1680. The van der Waals surface area contributed by atoms with Crippen molar-refractivity contribution < 1.29 is 9.84 Å². The molecule has 0 unspecified atom stereocenters. The number of phenolic OH excluding ortho intramolecular Hbond substituents is 1. The number of ether oxygens (including phenoxy) is 1. The predicted octanol–water partition coefficient (Wildman–Crippen LogP) is 6.84. The lowest BCUT2D eigenvalue weighted by Crippen LogP contribution is -1.97. The van der Waals surface area contributed by atoms with Gasteiger partial charge in [0.25, 0.3) is 0 Å². The van der Waals surface area contributed by atoms with Gasteiger partial charge in [0, 0.05) is 34.5 Å². The zero-order chi connectivity index (χ0) is 22.5. The van der Waals surface area contributed by atoms with Crippen molar-refractivity contribution in [2.75, 3.05) is 0 Å². The van der Waals surface area contributed by atoms with Gasteiger partial charge in [0.15, 0.2) is 0 Å². The maximum atomic E-state index is 10.3. The van der Waals surface area contributed by atoms with Crippen molar-refractivity contribution in [2.45, 2.75) is 13.8 Å². The second-order valence-corrected chi connectivity index (χ2v) is 8.27. The van der Waals surface area contributed by atoms with Gasteiger partial charge in [0.1, 0.15) is 22.8 Å². The molecule has 0 bridgehead atoms. The number of aromatic nitrogens is 3. The Labute approximate surface area is 190 Å². The van der Waals surface area contributed by atoms with Gasteiger partial charge < -0.3 is 9.84 Å². The van der Waals surface area contributed by atoms with Crippen LogP contribution in [0.4, 0.5) is 0 Å². The molecule has 33 heavy (non-hydrogen) atoms. The van der Waals surface area contributed by atoms with Crippen LogP contribution in [0.3, 0.4) is 0 Å². The molecule has 0 amide bonds.